The number of aromatic carboxylic acids is 1. The molecule has 2 aromatic carbocycles. The average Bonchev–Trinajstić information content (AvgIpc) is 3.39. The van der Waals surface area contributed by atoms with Crippen LogP contribution in [0.15, 0.2) is 67.0 Å². The molecule has 0 atom stereocenters. The van der Waals surface area contributed by atoms with Gasteiger partial charge in [0.25, 0.3) is 5.91 Å². The first-order valence-electron chi connectivity index (χ1n) is 8.83. The molecule has 0 fully saturated rings. The molecule has 0 unspecified atom stereocenters. The number of carboxylic acids is 1. The van der Waals surface area contributed by atoms with Crippen molar-refractivity contribution < 1.29 is 19.1 Å². The van der Waals surface area contributed by atoms with Gasteiger partial charge in [-0.05, 0) is 48.0 Å². The van der Waals surface area contributed by atoms with Gasteiger partial charge in [-0.1, -0.05) is 17.3 Å². The van der Waals surface area contributed by atoms with Gasteiger partial charge in [0.15, 0.2) is 11.4 Å². The van der Waals surface area contributed by atoms with Crippen molar-refractivity contribution in [2.75, 3.05) is 5.32 Å². The van der Waals surface area contributed by atoms with Crippen LogP contribution in [0.2, 0.25) is 0 Å². The number of aromatic nitrogens is 5. The highest BCUT2D eigenvalue weighted by atomic mass is 19.1. The molecule has 0 radical (unpaired) electrons. The van der Waals surface area contributed by atoms with E-state index < -0.39 is 11.9 Å². The maximum absolute atomic E-state index is 13.3. The molecule has 2 N–H and O–H groups in total. The third-order valence-corrected chi connectivity index (χ3v) is 4.20. The van der Waals surface area contributed by atoms with Crippen molar-refractivity contribution in [3.05, 3.63) is 89.8 Å². The molecule has 2 heterocycles. The first kappa shape index (κ1) is 19.0. The van der Waals surface area contributed by atoms with Gasteiger partial charge in [0.2, 0.25) is 0 Å². The Labute approximate surface area is 169 Å². The highest BCUT2D eigenvalue weighted by Gasteiger charge is 2.12. The van der Waals surface area contributed by atoms with Crippen molar-refractivity contribution in [3.8, 4) is 5.69 Å². The maximum atomic E-state index is 13.3. The zero-order valence-corrected chi connectivity index (χ0v) is 15.4. The van der Waals surface area contributed by atoms with Crippen molar-refractivity contribution in [1.82, 2.24) is 24.8 Å². The van der Waals surface area contributed by atoms with E-state index in [4.69, 9.17) is 5.11 Å². The van der Waals surface area contributed by atoms with Gasteiger partial charge in [-0.25, -0.2) is 18.5 Å². The van der Waals surface area contributed by atoms with E-state index in [1.807, 2.05) is 0 Å². The van der Waals surface area contributed by atoms with E-state index in [2.05, 4.69) is 20.7 Å². The molecule has 2 aromatic heterocycles. The Hall–Kier alpha value is -4.34. The third kappa shape index (κ3) is 4.22. The van der Waals surface area contributed by atoms with Crippen LogP contribution in [-0.4, -0.2) is 41.8 Å². The Morgan fingerprint density at radius 3 is 2.57 bits per heavy atom. The van der Waals surface area contributed by atoms with Gasteiger partial charge in [-0.15, -0.1) is 5.10 Å². The summed E-state index contributed by atoms with van der Waals surface area (Å²) in [5.41, 5.74) is 1.92. The molecule has 10 heteroatoms. The summed E-state index contributed by atoms with van der Waals surface area (Å²) in [5.74, 6) is -1.90. The smallest absolute Gasteiger partial charge is 0.356 e. The molecule has 0 bridgehead atoms. The van der Waals surface area contributed by atoms with Crippen molar-refractivity contribution in [1.29, 1.82) is 0 Å². The lowest BCUT2D eigenvalue weighted by Gasteiger charge is -2.05. The predicted molar refractivity (Wildman–Crippen MR) is 104 cm³/mol. The van der Waals surface area contributed by atoms with Gasteiger partial charge in [-0.2, -0.15) is 5.10 Å². The summed E-state index contributed by atoms with van der Waals surface area (Å²) in [6.45, 7) is 0.287. The highest BCUT2D eigenvalue weighted by molar-refractivity contribution is 6.02. The van der Waals surface area contributed by atoms with E-state index in [1.54, 1.807) is 36.4 Å². The molecule has 0 saturated heterocycles. The first-order valence-corrected chi connectivity index (χ1v) is 8.83. The Morgan fingerprint density at radius 1 is 1.07 bits per heavy atom. The van der Waals surface area contributed by atoms with Crippen LogP contribution in [-0.2, 0) is 6.54 Å². The van der Waals surface area contributed by atoms with Crippen molar-refractivity contribution in [2.45, 2.75) is 6.54 Å². The molecule has 30 heavy (non-hydrogen) atoms. The van der Waals surface area contributed by atoms with Gasteiger partial charge in [0, 0.05) is 11.9 Å². The maximum Gasteiger partial charge on any atom is 0.356 e. The van der Waals surface area contributed by atoms with Crippen molar-refractivity contribution >= 4 is 17.6 Å². The SMILES string of the molecule is O=C(O)c1ccn(-c2ccc(NC(=O)c3cn(Cc4cccc(F)c4)nn3)cc2)n1. The van der Waals surface area contributed by atoms with Crippen molar-refractivity contribution in [2.24, 2.45) is 0 Å². The molecule has 150 valence electrons. The minimum Gasteiger partial charge on any atom is -0.476 e. The molecule has 0 aliphatic heterocycles. The van der Waals surface area contributed by atoms with E-state index in [0.717, 1.165) is 0 Å². The minimum absolute atomic E-state index is 0.0614. The van der Waals surface area contributed by atoms with Gasteiger partial charge in [-0.3, -0.25) is 4.79 Å². The normalized spacial score (nSPS) is 10.7. The fraction of sp³-hybridized carbons (Fsp3) is 0.0500. The van der Waals surface area contributed by atoms with Crippen LogP contribution in [0.3, 0.4) is 0 Å². The first-order chi connectivity index (χ1) is 14.5. The van der Waals surface area contributed by atoms with Crippen LogP contribution in [0, 0.1) is 5.82 Å². The van der Waals surface area contributed by atoms with Crippen LogP contribution >= 0.6 is 0 Å². The summed E-state index contributed by atoms with van der Waals surface area (Å²) in [6.07, 6.45) is 3.01. The van der Waals surface area contributed by atoms with Crippen LogP contribution in [0.1, 0.15) is 26.5 Å². The van der Waals surface area contributed by atoms with Crippen LogP contribution in [0.25, 0.3) is 5.69 Å². The van der Waals surface area contributed by atoms with E-state index >= 15 is 0 Å². The number of nitrogens with zero attached hydrogens (tertiary/aromatic N) is 5. The number of amides is 1. The molecule has 1 amide bonds. The summed E-state index contributed by atoms with van der Waals surface area (Å²) in [6, 6.07) is 14.2. The van der Waals surface area contributed by atoms with E-state index in [1.165, 1.54) is 40.0 Å². The Morgan fingerprint density at radius 2 is 1.87 bits per heavy atom. The lowest BCUT2D eigenvalue weighted by Crippen LogP contribution is -2.12. The standard InChI is InChI=1S/C20H15FN6O3/c21-14-3-1-2-13(10-14)11-26-12-18(23-25-26)19(28)22-15-4-6-16(7-5-15)27-9-8-17(24-27)20(29)30/h1-10,12H,11H2,(H,22,28)(H,29,30). The van der Waals surface area contributed by atoms with E-state index in [-0.39, 0.29) is 23.7 Å². The lowest BCUT2D eigenvalue weighted by atomic mass is 10.2. The number of hydrogen-bond donors (Lipinski definition) is 2. The number of carbonyl (C=O) groups excluding carboxylic acids is 1. The van der Waals surface area contributed by atoms with E-state index in [9.17, 15) is 14.0 Å². The summed E-state index contributed by atoms with van der Waals surface area (Å²) >= 11 is 0. The van der Waals surface area contributed by atoms with Gasteiger partial charge >= 0.3 is 5.97 Å². The molecule has 0 aliphatic carbocycles. The molecular weight excluding hydrogens is 391 g/mol. The molecule has 4 aromatic rings. The van der Waals surface area contributed by atoms with Crippen LogP contribution < -0.4 is 5.32 Å². The summed E-state index contributed by atoms with van der Waals surface area (Å²) in [7, 11) is 0. The topological polar surface area (TPSA) is 115 Å². The highest BCUT2D eigenvalue weighted by Crippen LogP contribution is 2.14. The number of benzene rings is 2. The van der Waals surface area contributed by atoms with Gasteiger partial charge < -0.3 is 10.4 Å². The zero-order chi connectivity index (χ0) is 21.1. The molecule has 0 spiro atoms. The number of halogens is 1. The average molecular weight is 406 g/mol. The number of carbonyl (C=O) groups is 2. The minimum atomic E-state index is -1.11. The van der Waals surface area contributed by atoms with Gasteiger partial charge in [0.05, 0.1) is 18.4 Å². The molecule has 0 saturated carbocycles. The summed E-state index contributed by atoms with van der Waals surface area (Å²) in [5, 5.41) is 23.3. The second-order valence-electron chi connectivity index (χ2n) is 6.38. The lowest BCUT2D eigenvalue weighted by molar-refractivity contribution is 0.0689. The predicted octanol–water partition coefficient (Wildman–Crippen LogP) is 2.60. The zero-order valence-electron chi connectivity index (χ0n) is 15.4. The second kappa shape index (κ2) is 7.95. The van der Waals surface area contributed by atoms with Crippen molar-refractivity contribution in [3.63, 3.8) is 0 Å². The Balaban J connectivity index is 1.41. The number of hydrogen-bond acceptors (Lipinski definition) is 5. The van der Waals surface area contributed by atoms with Gasteiger partial charge in [0.1, 0.15) is 5.82 Å². The molecule has 4 rings (SSSR count). The van der Waals surface area contributed by atoms with E-state index in [0.29, 0.717) is 16.9 Å². The Kier molecular flexibility index (Phi) is 5.04. The summed E-state index contributed by atoms with van der Waals surface area (Å²) < 4.78 is 16.2. The number of anilines is 1. The molecule has 0 aliphatic rings. The van der Waals surface area contributed by atoms with Crippen LogP contribution in [0.4, 0.5) is 10.1 Å². The van der Waals surface area contributed by atoms with Crippen LogP contribution in [0.5, 0.6) is 0 Å². The number of rotatable bonds is 6. The fourth-order valence-electron chi connectivity index (χ4n) is 2.78. The molecular formula is C20H15FN6O3. The molecule has 9 nitrogen and oxygen atoms in total. The monoisotopic (exact) mass is 406 g/mol. The number of nitrogens with one attached hydrogen (secondary N) is 1. The quantitative estimate of drug-likeness (QED) is 0.509. The fourth-order valence-corrected chi connectivity index (χ4v) is 2.78. The number of carboxylic acid groups (broad SMARTS) is 1. The second-order valence-corrected chi connectivity index (χ2v) is 6.38. The third-order valence-electron chi connectivity index (χ3n) is 4.20. The summed E-state index contributed by atoms with van der Waals surface area (Å²) in [4.78, 5) is 23.3. The Bertz CT molecular complexity index is 1220. The largest absolute Gasteiger partial charge is 0.476 e.